The third-order valence-electron chi connectivity index (χ3n) is 3.29. The van der Waals surface area contributed by atoms with E-state index in [1.54, 1.807) is 30.5 Å². The van der Waals surface area contributed by atoms with Crippen molar-refractivity contribution >= 4 is 28.7 Å². The third kappa shape index (κ3) is 3.03. The van der Waals surface area contributed by atoms with Crippen molar-refractivity contribution in [2.75, 3.05) is 5.32 Å². The minimum atomic E-state index is -0.792. The highest BCUT2D eigenvalue weighted by molar-refractivity contribution is 6.13. The highest BCUT2D eigenvalue weighted by Crippen LogP contribution is 2.26. The maximum atomic E-state index is 11.6. The third-order valence-corrected chi connectivity index (χ3v) is 3.29. The van der Waals surface area contributed by atoms with Crippen LogP contribution >= 0.6 is 0 Å². The molecule has 0 spiro atoms. The van der Waals surface area contributed by atoms with E-state index in [1.165, 1.54) is 0 Å². The van der Waals surface area contributed by atoms with Gasteiger partial charge in [-0.1, -0.05) is 18.1 Å². The first-order chi connectivity index (χ1) is 11.5. The number of amides is 3. The predicted octanol–water partition coefficient (Wildman–Crippen LogP) is 1.55. The van der Waals surface area contributed by atoms with Crippen LogP contribution in [0.2, 0.25) is 0 Å². The molecule has 3 aromatic rings. The van der Waals surface area contributed by atoms with Crippen molar-refractivity contribution < 1.29 is 9.59 Å². The van der Waals surface area contributed by atoms with E-state index >= 15 is 0 Å². The van der Waals surface area contributed by atoms with Gasteiger partial charge < -0.3 is 16.5 Å². The largest absolute Gasteiger partial charge is 0.365 e. The molecule has 3 rings (SSSR count). The zero-order chi connectivity index (χ0) is 17.1. The van der Waals surface area contributed by atoms with Gasteiger partial charge in [-0.3, -0.25) is 10.1 Å². The average molecular weight is 319 g/mol. The molecule has 2 aromatic heterocycles. The van der Waals surface area contributed by atoms with Crippen molar-refractivity contribution in [3.63, 3.8) is 0 Å². The molecule has 0 aliphatic rings. The summed E-state index contributed by atoms with van der Waals surface area (Å²) < 4.78 is 0. The van der Waals surface area contributed by atoms with Gasteiger partial charge >= 0.3 is 6.03 Å². The number of aromatic amines is 1. The molecule has 0 radical (unpaired) electrons. The van der Waals surface area contributed by atoms with Gasteiger partial charge in [0, 0.05) is 22.7 Å². The van der Waals surface area contributed by atoms with Crippen LogP contribution in [0, 0.1) is 11.8 Å². The van der Waals surface area contributed by atoms with Crippen LogP contribution in [0.5, 0.6) is 0 Å². The van der Waals surface area contributed by atoms with Gasteiger partial charge in [-0.25, -0.2) is 9.78 Å². The number of hydrogen-bond acceptors (Lipinski definition) is 3. The summed E-state index contributed by atoms with van der Waals surface area (Å²) in [5.41, 5.74) is 12.6. The van der Waals surface area contributed by atoms with E-state index < -0.39 is 11.9 Å². The van der Waals surface area contributed by atoms with Crippen molar-refractivity contribution in [3.05, 3.63) is 59.4 Å². The zero-order valence-corrected chi connectivity index (χ0v) is 12.5. The molecule has 0 unspecified atom stereocenters. The Bertz CT molecular complexity index is 996. The minimum absolute atomic E-state index is 0.167. The summed E-state index contributed by atoms with van der Waals surface area (Å²) in [6.45, 7) is 0. The number of rotatable bonds is 2. The first kappa shape index (κ1) is 15.1. The fourth-order valence-electron chi connectivity index (χ4n) is 2.32. The number of anilines is 1. The smallest absolute Gasteiger partial charge is 0.317 e. The van der Waals surface area contributed by atoms with Crippen LogP contribution in [0.25, 0.3) is 10.9 Å². The molecule has 6 N–H and O–H groups in total. The summed E-state index contributed by atoms with van der Waals surface area (Å²) in [5, 5.41) is 2.94. The molecule has 0 aliphatic carbocycles. The van der Waals surface area contributed by atoms with Crippen molar-refractivity contribution in [1.29, 1.82) is 0 Å². The number of H-pyrrole nitrogens is 1. The molecule has 24 heavy (non-hydrogen) atoms. The normalized spacial score (nSPS) is 10.0. The number of benzene rings is 1. The first-order valence-electron chi connectivity index (χ1n) is 6.99. The van der Waals surface area contributed by atoms with Crippen LogP contribution in [0.3, 0.4) is 0 Å². The van der Waals surface area contributed by atoms with Gasteiger partial charge in [-0.15, -0.1) is 0 Å². The molecule has 0 aliphatic heterocycles. The Balaban J connectivity index is 2.04. The Kier molecular flexibility index (Phi) is 3.87. The molecule has 3 amide bonds. The lowest BCUT2D eigenvalue weighted by Crippen LogP contribution is -2.22. The van der Waals surface area contributed by atoms with Gasteiger partial charge in [0.05, 0.1) is 5.56 Å². The number of aromatic nitrogens is 2. The van der Waals surface area contributed by atoms with Gasteiger partial charge in [-0.2, -0.15) is 0 Å². The molecule has 7 nitrogen and oxygen atoms in total. The van der Waals surface area contributed by atoms with Crippen LogP contribution in [-0.4, -0.2) is 21.9 Å². The molecule has 0 bridgehead atoms. The number of carbonyl (C=O) groups excluding carboxylic acids is 2. The van der Waals surface area contributed by atoms with E-state index in [9.17, 15) is 9.59 Å². The molecule has 0 saturated carbocycles. The molecular weight excluding hydrogens is 306 g/mol. The van der Waals surface area contributed by atoms with Crippen LogP contribution in [0.15, 0.2) is 42.6 Å². The van der Waals surface area contributed by atoms with E-state index in [2.05, 4.69) is 27.1 Å². The maximum absolute atomic E-state index is 11.6. The van der Waals surface area contributed by atoms with Crippen molar-refractivity contribution in [1.82, 2.24) is 9.97 Å². The Morgan fingerprint density at radius 3 is 2.62 bits per heavy atom. The van der Waals surface area contributed by atoms with E-state index in [1.807, 2.05) is 12.1 Å². The fourth-order valence-corrected chi connectivity index (χ4v) is 2.32. The molecule has 118 valence electrons. The number of urea groups is 1. The predicted molar refractivity (Wildman–Crippen MR) is 90.2 cm³/mol. The molecule has 1 aromatic carbocycles. The Morgan fingerprint density at radius 2 is 1.96 bits per heavy atom. The van der Waals surface area contributed by atoms with Crippen LogP contribution in [0.4, 0.5) is 10.6 Å². The van der Waals surface area contributed by atoms with Crippen molar-refractivity contribution in [2.45, 2.75) is 0 Å². The highest BCUT2D eigenvalue weighted by atomic mass is 16.2. The Morgan fingerprint density at radius 1 is 1.12 bits per heavy atom. The van der Waals surface area contributed by atoms with E-state index in [0.29, 0.717) is 16.6 Å². The number of hydrogen-bond donors (Lipinski definition) is 4. The average Bonchev–Trinajstić information content (AvgIpc) is 2.90. The number of pyridine rings is 1. The van der Waals surface area contributed by atoms with E-state index in [-0.39, 0.29) is 11.4 Å². The number of carbonyl (C=O) groups is 2. The molecule has 7 heteroatoms. The number of nitrogens with zero attached hydrogens (tertiary/aromatic N) is 1. The number of fused-ring (bicyclic) bond motifs is 1. The molecule has 0 saturated heterocycles. The second-order valence-electron chi connectivity index (χ2n) is 4.95. The van der Waals surface area contributed by atoms with E-state index in [4.69, 9.17) is 11.5 Å². The second kappa shape index (κ2) is 6.14. The molecular formula is C17H13N5O2. The molecule has 2 heterocycles. The van der Waals surface area contributed by atoms with Crippen molar-refractivity contribution in [2.24, 2.45) is 11.5 Å². The van der Waals surface area contributed by atoms with Gasteiger partial charge in [0.15, 0.2) is 0 Å². The summed E-state index contributed by atoms with van der Waals surface area (Å²) in [6.07, 6.45) is 1.67. The number of primary amides is 2. The van der Waals surface area contributed by atoms with Crippen LogP contribution in [0.1, 0.15) is 21.6 Å². The summed E-state index contributed by atoms with van der Waals surface area (Å²) in [4.78, 5) is 29.7. The van der Waals surface area contributed by atoms with E-state index in [0.717, 1.165) is 5.56 Å². The standard InChI is InChI=1S/C17H13N5O2/c18-15(23)14-12-7-5-10(4-6-11-3-1-2-8-20-11)9-13(12)21-16(14)22-17(19)24/h1-3,5,7-9,21H,(H2,18,23)(H3,19,22,24). The van der Waals surface area contributed by atoms with Crippen LogP contribution < -0.4 is 16.8 Å². The summed E-state index contributed by atoms with van der Waals surface area (Å²) in [6, 6.07) is 9.90. The SMILES string of the molecule is NC(=O)Nc1[nH]c2cc(C#Cc3ccccn3)ccc2c1C(N)=O. The molecule has 0 atom stereocenters. The Hall–Kier alpha value is -3.79. The van der Waals surface area contributed by atoms with Gasteiger partial charge in [-0.05, 0) is 30.2 Å². The lowest BCUT2D eigenvalue weighted by atomic mass is 10.1. The number of nitrogens with one attached hydrogen (secondary N) is 2. The lowest BCUT2D eigenvalue weighted by Gasteiger charge is -2.00. The highest BCUT2D eigenvalue weighted by Gasteiger charge is 2.17. The summed E-state index contributed by atoms with van der Waals surface area (Å²) in [5.74, 6) is 5.43. The topological polar surface area (TPSA) is 127 Å². The lowest BCUT2D eigenvalue weighted by molar-refractivity contribution is 0.100. The number of nitrogens with two attached hydrogens (primary N) is 2. The zero-order valence-electron chi connectivity index (χ0n) is 12.5. The van der Waals surface area contributed by atoms with Gasteiger partial charge in [0.2, 0.25) is 0 Å². The van der Waals surface area contributed by atoms with Crippen molar-refractivity contribution in [3.8, 4) is 11.8 Å². The quantitative estimate of drug-likeness (QED) is 0.535. The summed E-state index contributed by atoms with van der Waals surface area (Å²) >= 11 is 0. The summed E-state index contributed by atoms with van der Waals surface area (Å²) in [7, 11) is 0. The second-order valence-corrected chi connectivity index (χ2v) is 4.95. The molecule has 0 fully saturated rings. The van der Waals surface area contributed by atoms with Gasteiger partial charge in [0.1, 0.15) is 11.5 Å². The minimum Gasteiger partial charge on any atom is -0.365 e. The van der Waals surface area contributed by atoms with Crippen LogP contribution in [-0.2, 0) is 0 Å². The monoisotopic (exact) mass is 319 g/mol. The Labute approximate surface area is 137 Å². The maximum Gasteiger partial charge on any atom is 0.317 e. The first-order valence-corrected chi connectivity index (χ1v) is 6.99. The fraction of sp³-hybridized carbons (Fsp3) is 0. The van der Waals surface area contributed by atoms with Gasteiger partial charge in [0.25, 0.3) is 5.91 Å².